The Morgan fingerprint density at radius 2 is 2.33 bits per heavy atom. The molecule has 0 aliphatic carbocycles. The number of nitrogens with zero attached hydrogens (tertiary/aromatic N) is 1. The molecule has 0 spiro atoms. The molecular weight excluding hydrogens is 212 g/mol. The van der Waals surface area contributed by atoms with Crippen molar-refractivity contribution in [3.8, 4) is 0 Å². The molecule has 1 rings (SSSR count). The zero-order chi connectivity index (χ0) is 11.3. The molecule has 1 aromatic heterocycles. The van der Waals surface area contributed by atoms with Gasteiger partial charge < -0.3 is 9.78 Å². The van der Waals surface area contributed by atoms with Crippen LogP contribution in [0.4, 0.5) is 0 Å². The normalized spacial score (nSPS) is 10.3. The molecule has 0 aromatic carbocycles. The Morgan fingerprint density at radius 3 is 2.93 bits per heavy atom. The molecule has 15 heavy (non-hydrogen) atoms. The minimum atomic E-state index is -0.128. The van der Waals surface area contributed by atoms with Crippen molar-refractivity contribution in [1.82, 2.24) is 9.97 Å². The number of aromatic nitrogens is 2. The fourth-order valence-electron chi connectivity index (χ4n) is 1.11. The van der Waals surface area contributed by atoms with E-state index >= 15 is 0 Å². The van der Waals surface area contributed by atoms with Gasteiger partial charge in [-0.15, -0.1) is 0 Å². The smallest absolute Gasteiger partial charge is 0.251 e. The molecule has 0 radical (unpaired) electrons. The first-order valence-electron chi connectivity index (χ1n) is 4.78. The molecule has 0 fully saturated rings. The van der Waals surface area contributed by atoms with E-state index in [1.807, 2.05) is 0 Å². The van der Waals surface area contributed by atoms with Crippen molar-refractivity contribution in [2.45, 2.75) is 31.8 Å². The van der Waals surface area contributed by atoms with E-state index < -0.39 is 0 Å². The largest absolute Gasteiger partial charge is 0.301 e. The lowest BCUT2D eigenvalue weighted by molar-refractivity contribution is -0.117. The maximum Gasteiger partial charge on any atom is 0.251 e. The van der Waals surface area contributed by atoms with E-state index in [-0.39, 0.29) is 11.3 Å². The lowest BCUT2D eigenvalue weighted by atomic mass is 10.3. The summed E-state index contributed by atoms with van der Waals surface area (Å²) in [6, 6.07) is 1.46. The number of nitrogens with one attached hydrogen (secondary N) is 1. The predicted octanol–water partition coefficient (Wildman–Crippen LogP) is 1.54. The Bertz CT molecular complexity index is 401. The van der Waals surface area contributed by atoms with Crippen molar-refractivity contribution < 1.29 is 4.79 Å². The molecule has 0 saturated carbocycles. The number of hydrogen-bond acceptors (Lipinski definition) is 4. The summed E-state index contributed by atoms with van der Waals surface area (Å²) in [4.78, 5) is 28.6. The SMILES string of the molecule is CC(=O)CCCSc1nc(C)cc(=O)[nH]1. The van der Waals surface area contributed by atoms with Crippen LogP contribution in [0.5, 0.6) is 0 Å². The molecule has 4 nitrogen and oxygen atoms in total. The van der Waals surface area contributed by atoms with Crippen molar-refractivity contribution in [3.05, 3.63) is 22.1 Å². The van der Waals surface area contributed by atoms with Gasteiger partial charge in [0, 0.05) is 23.9 Å². The van der Waals surface area contributed by atoms with Gasteiger partial charge in [0.2, 0.25) is 0 Å². The highest BCUT2D eigenvalue weighted by Crippen LogP contribution is 2.13. The molecule has 1 aromatic rings. The first-order valence-corrected chi connectivity index (χ1v) is 5.76. The van der Waals surface area contributed by atoms with Crippen molar-refractivity contribution in [3.63, 3.8) is 0 Å². The minimum Gasteiger partial charge on any atom is -0.301 e. The Labute approximate surface area is 92.5 Å². The molecule has 0 aliphatic heterocycles. The molecule has 82 valence electrons. The van der Waals surface area contributed by atoms with Gasteiger partial charge in [-0.2, -0.15) is 0 Å². The number of thioether (sulfide) groups is 1. The van der Waals surface area contributed by atoms with Gasteiger partial charge in [-0.1, -0.05) is 11.8 Å². The fourth-order valence-corrected chi connectivity index (χ4v) is 1.97. The van der Waals surface area contributed by atoms with E-state index in [4.69, 9.17) is 0 Å². The number of rotatable bonds is 5. The van der Waals surface area contributed by atoms with Gasteiger partial charge in [0.1, 0.15) is 5.78 Å². The molecule has 0 bridgehead atoms. The summed E-state index contributed by atoms with van der Waals surface area (Å²) in [6.45, 7) is 3.37. The number of hydrogen-bond donors (Lipinski definition) is 1. The van der Waals surface area contributed by atoms with Crippen LogP contribution in [-0.2, 0) is 4.79 Å². The van der Waals surface area contributed by atoms with Crippen molar-refractivity contribution in [2.24, 2.45) is 0 Å². The molecule has 0 aliphatic rings. The second-order valence-corrected chi connectivity index (χ2v) is 4.43. The van der Waals surface area contributed by atoms with Gasteiger partial charge in [0.05, 0.1) is 0 Å². The van der Waals surface area contributed by atoms with Crippen molar-refractivity contribution in [2.75, 3.05) is 5.75 Å². The summed E-state index contributed by atoms with van der Waals surface area (Å²) in [6.07, 6.45) is 1.40. The maximum atomic E-state index is 11.1. The zero-order valence-electron chi connectivity index (χ0n) is 8.87. The van der Waals surface area contributed by atoms with Crippen LogP contribution in [0.3, 0.4) is 0 Å². The number of Topliss-reactive ketones (excluding diaryl/α,β-unsaturated/α-hetero) is 1. The number of H-pyrrole nitrogens is 1. The van der Waals surface area contributed by atoms with Gasteiger partial charge in [-0.05, 0) is 20.3 Å². The van der Waals surface area contributed by atoms with Gasteiger partial charge in [-0.25, -0.2) is 4.98 Å². The van der Waals surface area contributed by atoms with Gasteiger partial charge in [0.15, 0.2) is 5.16 Å². The van der Waals surface area contributed by atoms with Gasteiger partial charge in [-0.3, -0.25) is 4.79 Å². The predicted molar refractivity (Wildman–Crippen MR) is 60.2 cm³/mol. The maximum absolute atomic E-state index is 11.1. The fraction of sp³-hybridized carbons (Fsp3) is 0.500. The number of aryl methyl sites for hydroxylation is 1. The van der Waals surface area contributed by atoms with Gasteiger partial charge in [0.25, 0.3) is 5.56 Å². The third-order valence-electron chi connectivity index (χ3n) is 1.76. The van der Waals surface area contributed by atoms with E-state index in [1.54, 1.807) is 13.8 Å². The average molecular weight is 226 g/mol. The molecule has 0 unspecified atom stereocenters. The Balaban J connectivity index is 2.44. The Kier molecular flexibility index (Phi) is 4.55. The highest BCUT2D eigenvalue weighted by atomic mass is 32.2. The van der Waals surface area contributed by atoms with E-state index in [2.05, 4.69) is 9.97 Å². The van der Waals surface area contributed by atoms with Crippen LogP contribution in [0.1, 0.15) is 25.5 Å². The minimum absolute atomic E-state index is 0.128. The summed E-state index contributed by atoms with van der Waals surface area (Å²) < 4.78 is 0. The highest BCUT2D eigenvalue weighted by Gasteiger charge is 1.99. The Morgan fingerprint density at radius 1 is 1.60 bits per heavy atom. The second kappa shape index (κ2) is 5.70. The molecule has 1 heterocycles. The topological polar surface area (TPSA) is 62.8 Å². The summed E-state index contributed by atoms with van der Waals surface area (Å²) in [5, 5.41) is 0.628. The Hall–Kier alpha value is -1.10. The van der Waals surface area contributed by atoms with E-state index in [0.717, 1.165) is 12.2 Å². The second-order valence-electron chi connectivity index (χ2n) is 3.35. The molecule has 0 amide bonds. The van der Waals surface area contributed by atoms with Crippen LogP contribution >= 0.6 is 11.8 Å². The molecule has 0 atom stereocenters. The first-order chi connectivity index (χ1) is 7.08. The van der Waals surface area contributed by atoms with E-state index in [0.29, 0.717) is 17.3 Å². The number of aromatic amines is 1. The van der Waals surface area contributed by atoms with Crippen molar-refractivity contribution >= 4 is 17.5 Å². The first kappa shape index (κ1) is 12.0. The zero-order valence-corrected chi connectivity index (χ0v) is 9.69. The van der Waals surface area contributed by atoms with E-state index in [1.165, 1.54) is 17.8 Å². The summed E-state index contributed by atoms with van der Waals surface area (Å²) >= 11 is 1.47. The standard InChI is InChI=1S/C10H14N2O2S/c1-7-6-9(14)12-10(11-7)15-5-3-4-8(2)13/h6H,3-5H2,1-2H3,(H,11,12,14). The summed E-state index contributed by atoms with van der Waals surface area (Å²) in [5.74, 6) is 0.993. The van der Waals surface area contributed by atoms with Gasteiger partial charge >= 0.3 is 0 Å². The number of carbonyl (C=O) groups is 1. The highest BCUT2D eigenvalue weighted by molar-refractivity contribution is 7.99. The lowest BCUT2D eigenvalue weighted by Gasteiger charge is -2.00. The molecular formula is C10H14N2O2S. The molecule has 0 saturated heterocycles. The van der Waals surface area contributed by atoms with Crippen molar-refractivity contribution in [1.29, 1.82) is 0 Å². The van der Waals surface area contributed by atoms with Crippen LogP contribution in [0.15, 0.2) is 16.0 Å². The van der Waals surface area contributed by atoms with Crippen LogP contribution in [-0.4, -0.2) is 21.5 Å². The van der Waals surface area contributed by atoms with E-state index in [9.17, 15) is 9.59 Å². The van der Waals surface area contributed by atoms with Crippen LogP contribution < -0.4 is 5.56 Å². The number of ketones is 1. The average Bonchev–Trinajstić information content (AvgIpc) is 2.10. The van der Waals surface area contributed by atoms with Crippen LogP contribution in [0, 0.1) is 6.92 Å². The molecule has 5 heteroatoms. The number of carbonyl (C=O) groups excluding carboxylic acids is 1. The lowest BCUT2D eigenvalue weighted by Crippen LogP contribution is -2.08. The third-order valence-corrected chi connectivity index (χ3v) is 2.72. The van der Waals surface area contributed by atoms with Crippen LogP contribution in [0.2, 0.25) is 0 Å². The summed E-state index contributed by atoms with van der Waals surface area (Å²) in [5.41, 5.74) is 0.587. The summed E-state index contributed by atoms with van der Waals surface area (Å²) in [7, 11) is 0. The monoisotopic (exact) mass is 226 g/mol. The molecule has 1 N–H and O–H groups in total. The third kappa shape index (κ3) is 4.78. The quantitative estimate of drug-likeness (QED) is 0.470. The van der Waals surface area contributed by atoms with Crippen LogP contribution in [0.25, 0.3) is 0 Å².